The van der Waals surface area contributed by atoms with Crippen LogP contribution in [0.25, 0.3) is 49.4 Å². The van der Waals surface area contributed by atoms with E-state index < -0.39 is 0 Å². The molecule has 2 unspecified atom stereocenters. The fraction of sp³-hybridized carbons (Fsp3) is 0.152. The van der Waals surface area contributed by atoms with Crippen LogP contribution in [-0.2, 0) is 6.42 Å². The summed E-state index contributed by atoms with van der Waals surface area (Å²) in [5.74, 6) is 0.769. The topological polar surface area (TPSA) is 3.24 Å². The predicted octanol–water partition coefficient (Wildman–Crippen LogP) is 17.9. The summed E-state index contributed by atoms with van der Waals surface area (Å²) in [6.45, 7) is 4.51. The molecular formula is C66H59N. The number of nitrogens with zero attached hydrogens (tertiary/aromatic N) is 1. The minimum atomic E-state index is 0.367. The highest BCUT2D eigenvalue weighted by atomic mass is 15.2. The Morgan fingerprint density at radius 1 is 0.642 bits per heavy atom. The second-order valence-electron chi connectivity index (χ2n) is 18.1. The van der Waals surface area contributed by atoms with Crippen molar-refractivity contribution in [3.05, 3.63) is 276 Å². The smallest absolute Gasteiger partial charge is 0.0464 e. The van der Waals surface area contributed by atoms with Crippen LogP contribution in [-0.4, -0.2) is 0 Å². The lowest BCUT2D eigenvalue weighted by Gasteiger charge is -2.34. The van der Waals surface area contributed by atoms with Crippen LogP contribution in [0.1, 0.15) is 57.1 Å². The highest BCUT2D eigenvalue weighted by molar-refractivity contribution is 6.02. The normalized spacial score (nSPS) is 17.6. The van der Waals surface area contributed by atoms with Crippen molar-refractivity contribution in [3.63, 3.8) is 0 Å². The molecule has 7 aromatic carbocycles. The molecule has 3 aliphatic rings. The maximum Gasteiger partial charge on any atom is 0.0464 e. The number of allylic oxidation sites excluding steroid dienone is 17. The van der Waals surface area contributed by atoms with E-state index >= 15 is 0 Å². The first-order chi connectivity index (χ1) is 33.1. The van der Waals surface area contributed by atoms with E-state index in [0.29, 0.717) is 11.8 Å². The minimum absolute atomic E-state index is 0.367. The third kappa shape index (κ3) is 9.47. The molecule has 0 aliphatic heterocycles. The summed E-state index contributed by atoms with van der Waals surface area (Å²) in [7, 11) is 0. The van der Waals surface area contributed by atoms with E-state index in [9.17, 15) is 0 Å². The molecular weight excluding hydrogens is 807 g/mol. The Morgan fingerprint density at radius 3 is 2.09 bits per heavy atom. The molecule has 1 nitrogen and oxygen atoms in total. The lowest BCUT2D eigenvalue weighted by molar-refractivity contribution is 0.495. The molecule has 0 spiro atoms. The predicted molar refractivity (Wildman–Crippen MR) is 289 cm³/mol. The number of hydrogen-bond donors (Lipinski definition) is 0. The molecule has 0 bridgehead atoms. The lowest BCUT2D eigenvalue weighted by Crippen LogP contribution is -2.24. The van der Waals surface area contributed by atoms with Gasteiger partial charge in [0.15, 0.2) is 0 Å². The van der Waals surface area contributed by atoms with E-state index in [1.54, 1.807) is 0 Å². The average Bonchev–Trinajstić information content (AvgIpc) is 3.39. The number of anilines is 1. The molecule has 10 rings (SSSR count). The van der Waals surface area contributed by atoms with Crippen molar-refractivity contribution in [1.29, 1.82) is 0 Å². The first-order valence-electron chi connectivity index (χ1n) is 24.3. The standard InChI is InChI=1S/C66H59N/c1-3-21-50-31-18-32-51(48(50)2)40-41-56(35-17-24-49-22-7-4-8-23-49)67(57-42-44-61(52-25-9-5-10-26-52)65(46-57)63-38-19-33-54-29-13-15-36-59(54)63)58-43-45-62(53-27-11-6-12-28-53)66(47-58)64-39-20-34-55-30-14-16-37-60(55)64/h3-11,13-23,25-27,29-39,41-42,44,46-48,51H,12,24,28,40,43,45H2,1-2H3/b21-3-,35-17-,56-41+. The van der Waals surface area contributed by atoms with Gasteiger partial charge >= 0.3 is 0 Å². The van der Waals surface area contributed by atoms with Gasteiger partial charge in [0.25, 0.3) is 0 Å². The van der Waals surface area contributed by atoms with Gasteiger partial charge in [0.05, 0.1) is 0 Å². The van der Waals surface area contributed by atoms with Crippen molar-refractivity contribution < 1.29 is 0 Å². The van der Waals surface area contributed by atoms with Crippen LogP contribution < -0.4 is 4.90 Å². The van der Waals surface area contributed by atoms with Gasteiger partial charge in [0.1, 0.15) is 0 Å². The SMILES string of the molecule is C/C=C\C1=CC=CC(C/C=C(\C=C/Cc2ccccc2)N(C2=CC(c3cccc4ccccc34)=C(C3=CC=CCC3)CC2)c2ccc(-c3ccccc3)c(-c3cccc4ccccc34)c2)C1C. The third-order valence-electron chi connectivity index (χ3n) is 14.0. The molecule has 67 heavy (non-hydrogen) atoms. The zero-order chi connectivity index (χ0) is 45.4. The van der Waals surface area contributed by atoms with Crippen molar-refractivity contribution in [1.82, 2.24) is 0 Å². The number of benzene rings is 7. The summed E-state index contributed by atoms with van der Waals surface area (Å²) in [5, 5.41) is 5.06. The molecule has 0 aromatic heterocycles. The largest absolute Gasteiger partial charge is 0.315 e. The van der Waals surface area contributed by atoms with Crippen LogP contribution in [0, 0.1) is 11.8 Å². The molecule has 7 aromatic rings. The van der Waals surface area contributed by atoms with Gasteiger partial charge in [-0.05, 0) is 159 Å². The molecule has 0 saturated heterocycles. The highest BCUT2D eigenvalue weighted by Crippen LogP contribution is 2.45. The fourth-order valence-electron chi connectivity index (χ4n) is 10.5. The zero-order valence-electron chi connectivity index (χ0n) is 38.9. The van der Waals surface area contributed by atoms with Crippen molar-refractivity contribution >= 4 is 32.8 Å². The van der Waals surface area contributed by atoms with E-state index in [-0.39, 0.29) is 0 Å². The maximum absolute atomic E-state index is 2.61. The molecule has 328 valence electrons. The van der Waals surface area contributed by atoms with Gasteiger partial charge in [-0.15, -0.1) is 0 Å². The number of rotatable bonds is 13. The first-order valence-corrected chi connectivity index (χ1v) is 24.3. The molecule has 0 N–H and O–H groups in total. The first kappa shape index (κ1) is 43.4. The summed E-state index contributed by atoms with van der Waals surface area (Å²) < 4.78 is 0. The van der Waals surface area contributed by atoms with Crippen LogP contribution in [0.4, 0.5) is 5.69 Å². The summed E-state index contributed by atoms with van der Waals surface area (Å²) in [5.41, 5.74) is 16.8. The Labute approximate surface area is 398 Å². The monoisotopic (exact) mass is 865 g/mol. The second kappa shape index (κ2) is 20.4. The quantitative estimate of drug-likeness (QED) is 0.104. The van der Waals surface area contributed by atoms with Crippen LogP contribution in [0.15, 0.2) is 265 Å². The molecule has 3 aliphatic carbocycles. The summed E-state index contributed by atoms with van der Waals surface area (Å²) in [6, 6.07) is 60.3. The van der Waals surface area contributed by atoms with Gasteiger partial charge < -0.3 is 4.90 Å². The average molecular weight is 866 g/mol. The Bertz CT molecular complexity index is 3190. The molecule has 1 heteroatoms. The minimum Gasteiger partial charge on any atom is -0.315 e. The third-order valence-corrected chi connectivity index (χ3v) is 14.0. The second-order valence-corrected chi connectivity index (χ2v) is 18.1. The lowest BCUT2D eigenvalue weighted by atomic mass is 9.81. The van der Waals surface area contributed by atoms with Crippen LogP contribution in [0.3, 0.4) is 0 Å². The van der Waals surface area contributed by atoms with Crippen LogP contribution in [0.5, 0.6) is 0 Å². The van der Waals surface area contributed by atoms with E-state index in [4.69, 9.17) is 0 Å². The molecule has 0 heterocycles. The molecule has 0 amide bonds. The molecule has 0 saturated carbocycles. The van der Waals surface area contributed by atoms with Crippen LogP contribution >= 0.6 is 0 Å². The van der Waals surface area contributed by atoms with Crippen molar-refractivity contribution in [2.45, 2.75) is 52.4 Å². The fourth-order valence-corrected chi connectivity index (χ4v) is 10.5. The van der Waals surface area contributed by atoms with Crippen molar-refractivity contribution in [2.75, 3.05) is 4.90 Å². The highest BCUT2D eigenvalue weighted by Gasteiger charge is 2.27. The van der Waals surface area contributed by atoms with E-state index in [1.807, 2.05) is 0 Å². The van der Waals surface area contributed by atoms with Gasteiger partial charge in [-0.3, -0.25) is 0 Å². The summed E-state index contributed by atoms with van der Waals surface area (Å²) in [6.07, 6.45) is 34.0. The van der Waals surface area contributed by atoms with Gasteiger partial charge in [-0.25, -0.2) is 0 Å². The molecule has 0 fully saturated rings. The number of fused-ring (bicyclic) bond motifs is 2. The molecule has 0 radical (unpaired) electrons. The van der Waals surface area contributed by atoms with Crippen molar-refractivity contribution in [2.24, 2.45) is 11.8 Å². The zero-order valence-corrected chi connectivity index (χ0v) is 38.9. The van der Waals surface area contributed by atoms with Gasteiger partial charge in [0, 0.05) is 17.1 Å². The Morgan fingerprint density at radius 2 is 1.34 bits per heavy atom. The Kier molecular flexibility index (Phi) is 13.2. The van der Waals surface area contributed by atoms with Crippen LogP contribution in [0.2, 0.25) is 0 Å². The Balaban J connectivity index is 1.21. The number of hydrogen-bond acceptors (Lipinski definition) is 1. The van der Waals surface area contributed by atoms with E-state index in [1.165, 1.54) is 88.6 Å². The van der Waals surface area contributed by atoms with E-state index in [2.05, 4.69) is 255 Å². The van der Waals surface area contributed by atoms with E-state index in [0.717, 1.165) is 44.2 Å². The maximum atomic E-state index is 2.61. The molecule has 2 atom stereocenters. The van der Waals surface area contributed by atoms with Gasteiger partial charge in [-0.1, -0.05) is 219 Å². The summed E-state index contributed by atoms with van der Waals surface area (Å²) in [4.78, 5) is 2.61. The van der Waals surface area contributed by atoms with Gasteiger partial charge in [-0.2, -0.15) is 0 Å². The van der Waals surface area contributed by atoms with Gasteiger partial charge in [0.2, 0.25) is 0 Å². The Hall–Kier alpha value is -7.48. The summed E-state index contributed by atoms with van der Waals surface area (Å²) >= 11 is 0. The van der Waals surface area contributed by atoms with Crippen molar-refractivity contribution in [3.8, 4) is 22.3 Å².